The topological polar surface area (TPSA) is 70.2 Å². The van der Waals surface area contributed by atoms with E-state index in [0.29, 0.717) is 6.54 Å². The number of piperidine rings is 1. The molecule has 6 nitrogen and oxygen atoms in total. The van der Waals surface area contributed by atoms with Crippen LogP contribution in [0.3, 0.4) is 0 Å². The number of likely N-dealkylation sites (tertiary alicyclic amines) is 1. The number of hydrogen-bond donors (Lipinski definition) is 2. The number of H-pyrrole nitrogens is 1. The lowest BCUT2D eigenvalue weighted by atomic mass is 9.82. The average Bonchev–Trinajstić information content (AvgIpc) is 3.38. The third-order valence-electron chi connectivity index (χ3n) is 5.87. The van der Waals surface area contributed by atoms with Crippen LogP contribution in [0, 0.1) is 0 Å². The number of carbonyl (C=O) groups is 1. The van der Waals surface area contributed by atoms with Crippen molar-refractivity contribution in [1.29, 1.82) is 0 Å². The summed E-state index contributed by atoms with van der Waals surface area (Å²) in [6.45, 7) is 6.99. The quantitative estimate of drug-likeness (QED) is 0.698. The molecule has 0 bridgehead atoms. The van der Waals surface area contributed by atoms with Gasteiger partial charge in [0, 0.05) is 49.7 Å². The Morgan fingerprint density at radius 3 is 3.04 bits per heavy atom. The fourth-order valence-corrected chi connectivity index (χ4v) is 5.52. The largest absolute Gasteiger partial charge is 0.370 e. The molecular weight excluding hydrogens is 372 g/mol. The molecular formula is C21H30N4O2S. The van der Waals surface area contributed by atoms with Gasteiger partial charge in [0.15, 0.2) is 0 Å². The highest BCUT2D eigenvalue weighted by Crippen LogP contribution is 2.44. The number of imidazole rings is 1. The fourth-order valence-electron chi connectivity index (χ4n) is 4.38. The number of nitrogens with zero attached hydrogens (tertiary/aromatic N) is 2. The van der Waals surface area contributed by atoms with Crippen molar-refractivity contribution >= 4 is 17.2 Å². The van der Waals surface area contributed by atoms with E-state index in [1.807, 2.05) is 6.20 Å². The second kappa shape index (κ2) is 8.76. The van der Waals surface area contributed by atoms with Gasteiger partial charge in [-0.3, -0.25) is 4.79 Å². The van der Waals surface area contributed by atoms with Crippen molar-refractivity contribution in [3.05, 3.63) is 39.6 Å². The maximum absolute atomic E-state index is 12.7. The van der Waals surface area contributed by atoms with Crippen LogP contribution >= 0.6 is 11.3 Å². The van der Waals surface area contributed by atoms with Gasteiger partial charge in [-0.2, -0.15) is 0 Å². The van der Waals surface area contributed by atoms with Gasteiger partial charge in [0.1, 0.15) is 5.82 Å². The maximum atomic E-state index is 12.7. The highest BCUT2D eigenvalue weighted by atomic mass is 32.1. The van der Waals surface area contributed by atoms with Gasteiger partial charge in [0.25, 0.3) is 5.91 Å². The van der Waals surface area contributed by atoms with Gasteiger partial charge in [0.05, 0.1) is 17.1 Å². The Kier molecular flexibility index (Phi) is 6.13. The Bertz CT molecular complexity index is 778. The number of fused-ring (bicyclic) bond motifs is 2. The smallest absolute Gasteiger partial charge is 0.261 e. The molecule has 0 atom stereocenters. The van der Waals surface area contributed by atoms with E-state index in [4.69, 9.17) is 4.74 Å². The first kappa shape index (κ1) is 19.6. The van der Waals surface area contributed by atoms with E-state index in [-0.39, 0.29) is 11.5 Å². The molecule has 2 aromatic rings. The molecule has 7 heteroatoms. The Morgan fingerprint density at radius 1 is 1.43 bits per heavy atom. The van der Waals surface area contributed by atoms with Crippen LogP contribution < -0.4 is 5.32 Å². The number of aryl methyl sites for hydroxylation is 1. The maximum Gasteiger partial charge on any atom is 0.261 e. The minimum atomic E-state index is -0.174. The first-order valence-corrected chi connectivity index (χ1v) is 11.3. The van der Waals surface area contributed by atoms with Crippen molar-refractivity contribution in [1.82, 2.24) is 20.2 Å². The fraction of sp³-hybridized carbons (Fsp3) is 0.619. The second-order valence-corrected chi connectivity index (χ2v) is 8.91. The van der Waals surface area contributed by atoms with E-state index in [1.54, 1.807) is 17.5 Å². The minimum Gasteiger partial charge on any atom is -0.370 e. The number of ether oxygens (including phenoxy) is 1. The van der Waals surface area contributed by atoms with E-state index < -0.39 is 0 Å². The van der Waals surface area contributed by atoms with Gasteiger partial charge in [-0.05, 0) is 43.9 Å². The number of amides is 1. The third-order valence-corrected chi connectivity index (χ3v) is 7.06. The van der Waals surface area contributed by atoms with E-state index in [2.05, 4.69) is 33.2 Å². The molecule has 1 amide bonds. The van der Waals surface area contributed by atoms with Crippen LogP contribution in [0.1, 0.15) is 58.5 Å². The number of rotatable bonds is 7. The third kappa shape index (κ3) is 4.16. The molecule has 0 unspecified atom stereocenters. The molecule has 2 N–H and O–H groups in total. The van der Waals surface area contributed by atoms with Gasteiger partial charge in [-0.25, -0.2) is 4.98 Å². The van der Waals surface area contributed by atoms with Crippen LogP contribution in [0.25, 0.3) is 0 Å². The summed E-state index contributed by atoms with van der Waals surface area (Å²) in [5.74, 6) is 1.01. The zero-order valence-corrected chi connectivity index (χ0v) is 17.4. The Morgan fingerprint density at radius 2 is 2.29 bits per heavy atom. The van der Waals surface area contributed by atoms with E-state index in [0.717, 1.165) is 69.0 Å². The SMILES string of the molecule is CCCN1CCC2(CC1)OCCc1sc(C(=O)NCCCc3ncc[nH]3)cc12. The molecule has 0 aliphatic carbocycles. The van der Waals surface area contributed by atoms with Gasteiger partial charge in [0.2, 0.25) is 0 Å². The molecule has 1 fully saturated rings. The standard InChI is InChI=1S/C21H30N4O2S/c1-2-11-25-12-6-21(7-13-25)16-15-18(28-17(16)5-14-27-21)20(26)24-8-3-4-19-22-9-10-23-19/h9-10,15H,2-8,11-14H2,1H3,(H,22,23)(H,24,26). The van der Waals surface area contributed by atoms with Gasteiger partial charge in [-0.15, -0.1) is 11.3 Å². The monoisotopic (exact) mass is 402 g/mol. The van der Waals surface area contributed by atoms with Gasteiger partial charge >= 0.3 is 0 Å². The molecule has 2 aromatic heterocycles. The van der Waals surface area contributed by atoms with Crippen molar-refractivity contribution < 1.29 is 9.53 Å². The summed E-state index contributed by atoms with van der Waals surface area (Å²) in [6.07, 6.45) is 9.49. The van der Waals surface area contributed by atoms with Crippen LogP contribution in [-0.2, 0) is 23.2 Å². The van der Waals surface area contributed by atoms with E-state index in [1.165, 1.54) is 16.9 Å². The molecule has 152 valence electrons. The van der Waals surface area contributed by atoms with E-state index >= 15 is 0 Å². The Balaban J connectivity index is 1.37. The van der Waals surface area contributed by atoms with Crippen molar-refractivity contribution in [3.63, 3.8) is 0 Å². The molecule has 1 spiro atoms. The van der Waals surface area contributed by atoms with Crippen molar-refractivity contribution in [2.75, 3.05) is 32.8 Å². The highest BCUT2D eigenvalue weighted by Gasteiger charge is 2.42. The average molecular weight is 403 g/mol. The van der Waals surface area contributed by atoms with Crippen LogP contribution in [0.15, 0.2) is 18.5 Å². The summed E-state index contributed by atoms with van der Waals surface area (Å²) < 4.78 is 6.33. The normalized spacial score (nSPS) is 18.9. The van der Waals surface area contributed by atoms with E-state index in [9.17, 15) is 4.79 Å². The predicted molar refractivity (Wildman–Crippen MR) is 111 cm³/mol. The first-order chi connectivity index (χ1) is 13.7. The summed E-state index contributed by atoms with van der Waals surface area (Å²) >= 11 is 1.65. The van der Waals surface area contributed by atoms with Crippen LogP contribution in [0.4, 0.5) is 0 Å². The summed E-state index contributed by atoms with van der Waals surface area (Å²) in [6, 6.07) is 2.11. The van der Waals surface area contributed by atoms with Gasteiger partial charge in [-0.1, -0.05) is 6.92 Å². The number of hydrogen-bond acceptors (Lipinski definition) is 5. The van der Waals surface area contributed by atoms with Crippen LogP contribution in [-0.4, -0.2) is 53.6 Å². The molecule has 2 aliphatic rings. The van der Waals surface area contributed by atoms with Gasteiger partial charge < -0.3 is 19.9 Å². The molecule has 4 heterocycles. The molecule has 0 aromatic carbocycles. The molecule has 1 saturated heterocycles. The number of thiophene rings is 1. The summed E-state index contributed by atoms with van der Waals surface area (Å²) in [7, 11) is 0. The number of carbonyl (C=O) groups excluding carboxylic acids is 1. The lowest BCUT2D eigenvalue weighted by Crippen LogP contribution is -2.46. The highest BCUT2D eigenvalue weighted by molar-refractivity contribution is 7.14. The summed E-state index contributed by atoms with van der Waals surface area (Å²) in [5, 5.41) is 3.07. The predicted octanol–water partition coefficient (Wildman–Crippen LogP) is 3.11. The zero-order valence-electron chi connectivity index (χ0n) is 16.6. The first-order valence-electron chi connectivity index (χ1n) is 10.5. The Labute approximate surface area is 170 Å². The molecule has 2 aliphatic heterocycles. The number of aromatic amines is 1. The van der Waals surface area contributed by atoms with Crippen molar-refractivity contribution in [2.24, 2.45) is 0 Å². The zero-order chi connectivity index (χ0) is 19.4. The minimum absolute atomic E-state index is 0.0393. The van der Waals surface area contributed by atoms with Crippen LogP contribution in [0.5, 0.6) is 0 Å². The lowest BCUT2D eigenvalue weighted by molar-refractivity contribution is -0.0969. The van der Waals surface area contributed by atoms with Crippen molar-refractivity contribution in [2.45, 2.75) is 51.0 Å². The molecule has 28 heavy (non-hydrogen) atoms. The molecule has 4 rings (SSSR count). The summed E-state index contributed by atoms with van der Waals surface area (Å²) in [4.78, 5) is 24.7. The number of nitrogens with one attached hydrogen (secondary N) is 2. The Hall–Kier alpha value is -1.70. The molecule has 0 saturated carbocycles. The lowest BCUT2D eigenvalue weighted by Gasteiger charge is -2.44. The second-order valence-electron chi connectivity index (χ2n) is 7.78. The molecule has 0 radical (unpaired) electrons. The summed E-state index contributed by atoms with van der Waals surface area (Å²) in [5.41, 5.74) is 1.10. The van der Waals surface area contributed by atoms with Crippen molar-refractivity contribution in [3.8, 4) is 0 Å². The van der Waals surface area contributed by atoms with Crippen LogP contribution in [0.2, 0.25) is 0 Å². The number of aromatic nitrogens is 2.